The maximum atomic E-state index is 11.6. The Labute approximate surface area is 161 Å². The Bertz CT molecular complexity index is 956. The summed E-state index contributed by atoms with van der Waals surface area (Å²) in [7, 11) is 1.37. The molecule has 7 heteroatoms. The maximum Gasteiger partial charge on any atom is 0.316 e. The van der Waals surface area contributed by atoms with Crippen molar-refractivity contribution in [1.29, 1.82) is 0 Å². The quantitative estimate of drug-likeness (QED) is 0.477. The van der Waals surface area contributed by atoms with E-state index in [1.807, 2.05) is 42.7 Å². The molecule has 0 atom stereocenters. The summed E-state index contributed by atoms with van der Waals surface area (Å²) >= 11 is 7.67. The van der Waals surface area contributed by atoms with E-state index in [2.05, 4.69) is 28.4 Å². The number of benzene rings is 2. The zero-order valence-electron chi connectivity index (χ0n) is 14.7. The first-order chi connectivity index (χ1) is 12.5. The molecule has 3 aromatic rings. The van der Waals surface area contributed by atoms with Gasteiger partial charge in [-0.15, -0.1) is 10.2 Å². The molecule has 0 saturated carbocycles. The van der Waals surface area contributed by atoms with Crippen LogP contribution in [0.25, 0.3) is 17.1 Å². The number of carbonyl (C=O) groups is 1. The number of hydrogen-bond donors (Lipinski definition) is 0. The van der Waals surface area contributed by atoms with E-state index in [1.54, 1.807) is 0 Å². The molecule has 0 aliphatic heterocycles. The zero-order valence-corrected chi connectivity index (χ0v) is 16.3. The van der Waals surface area contributed by atoms with Gasteiger partial charge >= 0.3 is 5.97 Å². The predicted molar refractivity (Wildman–Crippen MR) is 104 cm³/mol. The monoisotopic (exact) mass is 387 g/mol. The minimum atomic E-state index is -0.315. The van der Waals surface area contributed by atoms with Crippen LogP contribution in [0.5, 0.6) is 0 Å². The molecule has 0 fully saturated rings. The molecule has 3 rings (SSSR count). The summed E-state index contributed by atoms with van der Waals surface area (Å²) in [6, 6.07) is 13.7. The predicted octanol–water partition coefficient (Wildman–Crippen LogP) is 4.47. The van der Waals surface area contributed by atoms with Gasteiger partial charge in [0.25, 0.3) is 0 Å². The fourth-order valence-electron chi connectivity index (χ4n) is 2.54. The van der Waals surface area contributed by atoms with Crippen molar-refractivity contribution in [3.8, 4) is 17.1 Å². The van der Waals surface area contributed by atoms with Crippen LogP contribution in [-0.2, 0) is 9.53 Å². The number of ether oxygens (including phenoxy) is 1. The highest BCUT2D eigenvalue weighted by atomic mass is 35.5. The van der Waals surface area contributed by atoms with Crippen LogP contribution in [0.1, 0.15) is 11.1 Å². The standard InChI is InChI=1S/C19H18ClN3O2S/c1-12-8-9-13(2)16(10-12)23-18(14-6-4-5-7-15(14)20)21-22-19(23)26-11-17(24)25-3/h4-10H,11H2,1-3H3. The Hall–Kier alpha value is -2.31. The van der Waals surface area contributed by atoms with Crippen molar-refractivity contribution >= 4 is 29.3 Å². The van der Waals surface area contributed by atoms with Crippen molar-refractivity contribution in [3.63, 3.8) is 0 Å². The van der Waals surface area contributed by atoms with E-state index in [1.165, 1.54) is 18.9 Å². The molecule has 2 aromatic carbocycles. The molecule has 0 radical (unpaired) electrons. The molecule has 5 nitrogen and oxygen atoms in total. The lowest BCUT2D eigenvalue weighted by molar-refractivity contribution is -0.137. The van der Waals surface area contributed by atoms with Crippen LogP contribution >= 0.6 is 23.4 Å². The minimum Gasteiger partial charge on any atom is -0.468 e. The van der Waals surface area contributed by atoms with Crippen molar-refractivity contribution in [2.45, 2.75) is 19.0 Å². The van der Waals surface area contributed by atoms with Crippen molar-refractivity contribution < 1.29 is 9.53 Å². The number of aromatic nitrogens is 3. The van der Waals surface area contributed by atoms with E-state index < -0.39 is 0 Å². The molecule has 0 saturated heterocycles. The van der Waals surface area contributed by atoms with Crippen LogP contribution in [0.3, 0.4) is 0 Å². The fraction of sp³-hybridized carbons (Fsp3) is 0.211. The number of carbonyl (C=O) groups excluding carboxylic acids is 1. The van der Waals surface area contributed by atoms with Gasteiger partial charge in [-0.3, -0.25) is 9.36 Å². The van der Waals surface area contributed by atoms with Crippen molar-refractivity contribution in [3.05, 3.63) is 58.6 Å². The molecule has 0 aliphatic rings. The van der Waals surface area contributed by atoms with E-state index in [4.69, 9.17) is 16.3 Å². The summed E-state index contributed by atoms with van der Waals surface area (Å²) in [5, 5.41) is 9.85. The number of nitrogens with zero attached hydrogens (tertiary/aromatic N) is 3. The molecule has 0 bridgehead atoms. The van der Waals surface area contributed by atoms with E-state index in [0.29, 0.717) is 16.0 Å². The number of aryl methyl sites for hydroxylation is 2. The lowest BCUT2D eigenvalue weighted by Crippen LogP contribution is -2.06. The number of methoxy groups -OCH3 is 1. The fourth-order valence-corrected chi connectivity index (χ4v) is 3.54. The summed E-state index contributed by atoms with van der Waals surface area (Å²) in [6.07, 6.45) is 0. The first-order valence-electron chi connectivity index (χ1n) is 7.99. The van der Waals surface area contributed by atoms with E-state index >= 15 is 0 Å². The van der Waals surface area contributed by atoms with Gasteiger partial charge in [0.2, 0.25) is 0 Å². The molecule has 26 heavy (non-hydrogen) atoms. The largest absolute Gasteiger partial charge is 0.468 e. The summed E-state index contributed by atoms with van der Waals surface area (Å²) in [5.74, 6) is 0.476. The Morgan fingerprint density at radius 2 is 1.96 bits per heavy atom. The minimum absolute atomic E-state index is 0.155. The number of hydrogen-bond acceptors (Lipinski definition) is 5. The highest BCUT2D eigenvalue weighted by molar-refractivity contribution is 7.99. The lowest BCUT2D eigenvalue weighted by Gasteiger charge is -2.14. The molecule has 1 heterocycles. The van der Waals surface area contributed by atoms with Gasteiger partial charge < -0.3 is 4.74 Å². The Morgan fingerprint density at radius 1 is 1.19 bits per heavy atom. The first kappa shape index (κ1) is 18.5. The van der Waals surface area contributed by atoms with Crippen LogP contribution in [0.15, 0.2) is 47.6 Å². The van der Waals surface area contributed by atoms with E-state index in [-0.39, 0.29) is 11.7 Å². The zero-order chi connectivity index (χ0) is 18.7. The Kier molecular flexibility index (Phi) is 5.64. The van der Waals surface area contributed by atoms with Crippen LogP contribution in [-0.4, -0.2) is 33.6 Å². The normalized spacial score (nSPS) is 10.8. The average Bonchev–Trinajstić information content (AvgIpc) is 3.05. The van der Waals surface area contributed by atoms with Gasteiger partial charge in [-0.05, 0) is 43.2 Å². The smallest absolute Gasteiger partial charge is 0.316 e. The van der Waals surface area contributed by atoms with Crippen molar-refractivity contribution in [2.24, 2.45) is 0 Å². The molecular formula is C19H18ClN3O2S. The Morgan fingerprint density at radius 3 is 2.69 bits per heavy atom. The number of halogens is 1. The van der Waals surface area contributed by atoms with E-state index in [9.17, 15) is 4.79 Å². The lowest BCUT2D eigenvalue weighted by atomic mass is 10.1. The SMILES string of the molecule is COC(=O)CSc1nnc(-c2ccccc2Cl)n1-c1cc(C)ccc1C. The third-order valence-electron chi connectivity index (χ3n) is 3.90. The van der Waals surface area contributed by atoms with Gasteiger partial charge in [0, 0.05) is 5.56 Å². The van der Waals surface area contributed by atoms with Gasteiger partial charge in [-0.25, -0.2) is 0 Å². The second-order valence-electron chi connectivity index (χ2n) is 5.78. The summed E-state index contributed by atoms with van der Waals surface area (Å²) in [5.41, 5.74) is 3.93. The van der Waals surface area contributed by atoms with Crippen LogP contribution in [0.2, 0.25) is 5.02 Å². The first-order valence-corrected chi connectivity index (χ1v) is 9.35. The van der Waals surface area contributed by atoms with Crippen molar-refractivity contribution in [1.82, 2.24) is 14.8 Å². The molecule has 0 spiro atoms. The number of esters is 1. The van der Waals surface area contributed by atoms with Gasteiger partial charge in [0.15, 0.2) is 11.0 Å². The van der Waals surface area contributed by atoms with Crippen LogP contribution in [0, 0.1) is 13.8 Å². The highest BCUT2D eigenvalue weighted by Crippen LogP contribution is 2.33. The highest BCUT2D eigenvalue weighted by Gasteiger charge is 2.20. The number of thioether (sulfide) groups is 1. The second kappa shape index (κ2) is 7.93. The molecule has 0 unspecified atom stereocenters. The van der Waals surface area contributed by atoms with Gasteiger partial charge in [0.05, 0.1) is 23.6 Å². The third kappa shape index (κ3) is 3.76. The maximum absolute atomic E-state index is 11.6. The molecule has 0 aliphatic carbocycles. The molecule has 0 N–H and O–H groups in total. The van der Waals surface area contributed by atoms with Gasteiger partial charge in [0.1, 0.15) is 0 Å². The molecule has 1 aromatic heterocycles. The average molecular weight is 388 g/mol. The van der Waals surface area contributed by atoms with Gasteiger partial charge in [-0.1, -0.05) is 47.6 Å². The Balaban J connectivity index is 2.17. The second-order valence-corrected chi connectivity index (χ2v) is 7.13. The number of rotatable bonds is 5. The van der Waals surface area contributed by atoms with E-state index in [0.717, 1.165) is 22.4 Å². The molecule has 134 valence electrons. The topological polar surface area (TPSA) is 57.0 Å². The third-order valence-corrected chi connectivity index (χ3v) is 5.13. The van der Waals surface area contributed by atoms with Crippen LogP contribution < -0.4 is 0 Å². The van der Waals surface area contributed by atoms with Crippen molar-refractivity contribution in [2.75, 3.05) is 12.9 Å². The summed E-state index contributed by atoms with van der Waals surface area (Å²) < 4.78 is 6.67. The van der Waals surface area contributed by atoms with Gasteiger partial charge in [-0.2, -0.15) is 0 Å². The van der Waals surface area contributed by atoms with Crippen LogP contribution in [0.4, 0.5) is 0 Å². The molecule has 0 amide bonds. The molecular weight excluding hydrogens is 370 g/mol. The summed E-state index contributed by atoms with van der Waals surface area (Å²) in [6.45, 7) is 4.06. The summed E-state index contributed by atoms with van der Waals surface area (Å²) in [4.78, 5) is 11.6.